The molecule has 1 aromatic rings. The Kier molecular flexibility index (Phi) is 5.40. The van der Waals surface area contributed by atoms with Crippen LogP contribution in [0.5, 0.6) is 0 Å². The fraction of sp³-hybridized carbons (Fsp3) is 0.647. The van der Waals surface area contributed by atoms with Gasteiger partial charge in [-0.25, -0.2) is 0 Å². The lowest BCUT2D eigenvalue weighted by atomic mass is 9.97. The molecule has 1 amide bonds. The highest BCUT2D eigenvalue weighted by Gasteiger charge is 2.25. The molecule has 1 aromatic heterocycles. The number of ether oxygens (including phenoxy) is 1. The number of carbonyl (C=O) groups is 1. The quantitative estimate of drug-likeness (QED) is 0.854. The molecule has 5 heteroatoms. The maximum absolute atomic E-state index is 12.6. The normalized spacial score (nSPS) is 16.3. The van der Waals surface area contributed by atoms with E-state index in [0.29, 0.717) is 11.6 Å². The van der Waals surface area contributed by atoms with Crippen molar-refractivity contribution in [2.24, 2.45) is 13.0 Å². The first-order chi connectivity index (χ1) is 10.4. The first-order valence-electron chi connectivity index (χ1n) is 7.97. The molecule has 1 fully saturated rings. The van der Waals surface area contributed by atoms with Crippen molar-refractivity contribution in [1.29, 1.82) is 0 Å². The van der Waals surface area contributed by atoms with E-state index in [1.165, 1.54) is 6.07 Å². The summed E-state index contributed by atoms with van der Waals surface area (Å²) in [6.45, 7) is 8.14. The number of hydrogen-bond donors (Lipinski definition) is 0. The van der Waals surface area contributed by atoms with Crippen molar-refractivity contribution in [3.05, 3.63) is 33.7 Å². The van der Waals surface area contributed by atoms with Crippen LogP contribution in [0.2, 0.25) is 0 Å². The molecule has 5 nitrogen and oxygen atoms in total. The smallest absolute Gasteiger partial charge is 0.270 e. The lowest BCUT2D eigenvalue weighted by Crippen LogP contribution is -2.41. The van der Waals surface area contributed by atoms with Crippen LogP contribution in [0.25, 0.3) is 0 Å². The van der Waals surface area contributed by atoms with E-state index >= 15 is 0 Å². The van der Waals surface area contributed by atoms with E-state index in [4.69, 9.17) is 4.74 Å². The SMILES string of the molecule is Cc1cc(=O)cc(C(=O)N2CCC(COC(C)C)CC2)n1C. The van der Waals surface area contributed by atoms with Crippen LogP contribution in [-0.2, 0) is 11.8 Å². The van der Waals surface area contributed by atoms with Gasteiger partial charge in [0.2, 0.25) is 0 Å². The fourth-order valence-corrected chi connectivity index (χ4v) is 2.76. The Morgan fingerprint density at radius 3 is 2.55 bits per heavy atom. The summed E-state index contributed by atoms with van der Waals surface area (Å²) in [6, 6.07) is 2.98. The monoisotopic (exact) mass is 306 g/mol. The predicted octanol–water partition coefficient (Wildman–Crippen LogP) is 1.97. The predicted molar refractivity (Wildman–Crippen MR) is 86.1 cm³/mol. The van der Waals surface area contributed by atoms with E-state index in [0.717, 1.165) is 38.2 Å². The summed E-state index contributed by atoms with van der Waals surface area (Å²) < 4.78 is 7.45. The summed E-state index contributed by atoms with van der Waals surface area (Å²) >= 11 is 0. The summed E-state index contributed by atoms with van der Waals surface area (Å²) in [5.41, 5.74) is 1.16. The van der Waals surface area contributed by atoms with Gasteiger partial charge in [0.05, 0.1) is 6.10 Å². The van der Waals surface area contributed by atoms with Gasteiger partial charge in [-0.1, -0.05) is 0 Å². The van der Waals surface area contributed by atoms with E-state index in [1.54, 1.807) is 10.6 Å². The number of hydrogen-bond acceptors (Lipinski definition) is 3. The molecular weight excluding hydrogens is 280 g/mol. The number of amides is 1. The van der Waals surface area contributed by atoms with Crippen LogP contribution in [0.4, 0.5) is 0 Å². The zero-order valence-electron chi connectivity index (χ0n) is 14.0. The number of aromatic nitrogens is 1. The van der Waals surface area contributed by atoms with Crippen molar-refractivity contribution >= 4 is 5.91 Å². The molecular formula is C17H26N2O3. The second-order valence-electron chi connectivity index (χ2n) is 6.39. The van der Waals surface area contributed by atoms with Crippen LogP contribution in [0.15, 0.2) is 16.9 Å². The van der Waals surface area contributed by atoms with E-state index in [-0.39, 0.29) is 17.4 Å². The van der Waals surface area contributed by atoms with E-state index in [2.05, 4.69) is 0 Å². The largest absolute Gasteiger partial charge is 0.379 e. The minimum Gasteiger partial charge on any atom is -0.379 e. The van der Waals surface area contributed by atoms with Gasteiger partial charge in [0.25, 0.3) is 5.91 Å². The maximum atomic E-state index is 12.6. The number of aryl methyl sites for hydroxylation is 1. The summed E-state index contributed by atoms with van der Waals surface area (Å²) in [5, 5.41) is 0. The third kappa shape index (κ3) is 3.97. The average molecular weight is 306 g/mol. The highest BCUT2D eigenvalue weighted by atomic mass is 16.5. The van der Waals surface area contributed by atoms with Crippen molar-refractivity contribution in [2.75, 3.05) is 19.7 Å². The molecule has 22 heavy (non-hydrogen) atoms. The Hall–Kier alpha value is -1.62. The summed E-state index contributed by atoms with van der Waals surface area (Å²) in [6.07, 6.45) is 2.16. The van der Waals surface area contributed by atoms with Gasteiger partial charge in [0.15, 0.2) is 5.43 Å². The molecule has 0 N–H and O–H groups in total. The molecule has 2 rings (SSSR count). The fourth-order valence-electron chi connectivity index (χ4n) is 2.76. The Balaban J connectivity index is 2.00. The Bertz CT molecular complexity index is 584. The van der Waals surface area contributed by atoms with Gasteiger partial charge in [-0.2, -0.15) is 0 Å². The molecule has 1 saturated heterocycles. The van der Waals surface area contributed by atoms with Crippen molar-refractivity contribution in [3.63, 3.8) is 0 Å². The summed E-state index contributed by atoms with van der Waals surface area (Å²) in [7, 11) is 1.82. The van der Waals surface area contributed by atoms with E-state index in [9.17, 15) is 9.59 Å². The van der Waals surface area contributed by atoms with Gasteiger partial charge in [-0.15, -0.1) is 0 Å². The topological polar surface area (TPSA) is 51.5 Å². The molecule has 0 unspecified atom stereocenters. The highest BCUT2D eigenvalue weighted by Crippen LogP contribution is 2.19. The number of nitrogens with zero attached hydrogens (tertiary/aromatic N) is 2. The van der Waals surface area contributed by atoms with Crippen molar-refractivity contribution in [3.8, 4) is 0 Å². The number of rotatable bonds is 4. The molecule has 0 saturated carbocycles. The second-order valence-corrected chi connectivity index (χ2v) is 6.39. The zero-order chi connectivity index (χ0) is 16.3. The van der Waals surface area contributed by atoms with Crippen molar-refractivity contribution < 1.29 is 9.53 Å². The van der Waals surface area contributed by atoms with Gasteiger partial charge in [0.1, 0.15) is 5.69 Å². The van der Waals surface area contributed by atoms with Crippen LogP contribution in [0, 0.1) is 12.8 Å². The summed E-state index contributed by atoms with van der Waals surface area (Å²) in [5.74, 6) is 0.472. The average Bonchev–Trinajstić information content (AvgIpc) is 2.48. The molecule has 0 atom stereocenters. The lowest BCUT2D eigenvalue weighted by molar-refractivity contribution is 0.0284. The first kappa shape index (κ1) is 16.7. The molecule has 0 aliphatic carbocycles. The zero-order valence-corrected chi connectivity index (χ0v) is 14.0. The van der Waals surface area contributed by atoms with Gasteiger partial charge < -0.3 is 14.2 Å². The minimum atomic E-state index is -0.112. The van der Waals surface area contributed by atoms with Crippen LogP contribution in [0.3, 0.4) is 0 Å². The Labute approximate surface area is 131 Å². The van der Waals surface area contributed by atoms with E-state index in [1.807, 2.05) is 32.7 Å². The standard InChI is InChI=1S/C17H26N2O3/c1-12(2)22-11-14-5-7-19(8-6-14)17(21)16-10-15(20)9-13(3)18(16)4/h9-10,12,14H,5-8,11H2,1-4H3. The van der Waals surface area contributed by atoms with E-state index < -0.39 is 0 Å². The molecule has 0 aromatic carbocycles. The number of piperidine rings is 1. The molecule has 0 spiro atoms. The van der Waals surface area contributed by atoms with Crippen molar-refractivity contribution in [2.45, 2.75) is 39.7 Å². The first-order valence-corrected chi connectivity index (χ1v) is 7.97. The number of pyridine rings is 1. The van der Waals surface area contributed by atoms with Crippen LogP contribution in [0.1, 0.15) is 42.9 Å². The second kappa shape index (κ2) is 7.09. The number of likely N-dealkylation sites (tertiary alicyclic amines) is 1. The highest BCUT2D eigenvalue weighted by molar-refractivity contribution is 5.92. The molecule has 0 bridgehead atoms. The summed E-state index contributed by atoms with van der Waals surface area (Å²) in [4.78, 5) is 26.1. The third-order valence-electron chi connectivity index (χ3n) is 4.31. The van der Waals surface area contributed by atoms with Crippen LogP contribution in [-0.4, -0.2) is 41.2 Å². The Morgan fingerprint density at radius 1 is 1.32 bits per heavy atom. The van der Waals surface area contributed by atoms with Gasteiger partial charge >= 0.3 is 0 Å². The van der Waals surface area contributed by atoms with Crippen LogP contribution >= 0.6 is 0 Å². The lowest BCUT2D eigenvalue weighted by Gasteiger charge is -2.32. The third-order valence-corrected chi connectivity index (χ3v) is 4.31. The Morgan fingerprint density at radius 2 is 1.95 bits per heavy atom. The van der Waals surface area contributed by atoms with Crippen LogP contribution < -0.4 is 5.43 Å². The molecule has 1 aliphatic heterocycles. The van der Waals surface area contributed by atoms with Gasteiger partial charge in [-0.05, 0) is 39.5 Å². The van der Waals surface area contributed by atoms with Gasteiger partial charge in [0, 0.05) is 44.6 Å². The molecule has 2 heterocycles. The maximum Gasteiger partial charge on any atom is 0.270 e. The molecule has 1 aliphatic rings. The molecule has 0 radical (unpaired) electrons. The van der Waals surface area contributed by atoms with Gasteiger partial charge in [-0.3, -0.25) is 9.59 Å². The minimum absolute atomic E-state index is 0.0495. The van der Waals surface area contributed by atoms with Crippen molar-refractivity contribution in [1.82, 2.24) is 9.47 Å². The number of carbonyl (C=O) groups excluding carboxylic acids is 1. The molecule has 122 valence electrons.